The van der Waals surface area contributed by atoms with Crippen molar-refractivity contribution in [3.63, 3.8) is 0 Å². The molecule has 1 saturated heterocycles. The number of esters is 1. The molecule has 0 radical (unpaired) electrons. The molecular weight excluding hydrogens is 583 g/mol. The topological polar surface area (TPSA) is 110 Å². The Bertz CT molecular complexity index is 1620. The van der Waals surface area contributed by atoms with Gasteiger partial charge in [0.15, 0.2) is 5.78 Å². The maximum Gasteiger partial charge on any atom is 0.356 e. The number of ketones is 1. The van der Waals surface area contributed by atoms with E-state index in [-0.39, 0.29) is 24.2 Å². The van der Waals surface area contributed by atoms with Crippen LogP contribution in [-0.2, 0) is 20.9 Å². The normalized spacial score (nSPS) is 16.8. The average Bonchev–Trinajstić information content (AvgIpc) is 3.08. The zero-order valence-corrected chi connectivity index (χ0v) is 26.1. The first-order valence-corrected chi connectivity index (χ1v) is 16.7. The second-order valence-corrected chi connectivity index (χ2v) is 14.3. The number of likely N-dealkylation sites (tertiary alicyclic amines) is 1. The van der Waals surface area contributed by atoms with Crippen LogP contribution in [0.5, 0.6) is 0 Å². The summed E-state index contributed by atoms with van der Waals surface area (Å²) in [4.78, 5) is 43.8. The number of carbonyl (C=O) groups is 3. The molecule has 1 heterocycles. The molecule has 0 spiro atoms. The number of β-lactam (4-membered cyclic amide) rings is 1. The number of amides is 1. The highest BCUT2D eigenvalue weighted by Gasteiger charge is 2.55. The number of Topliss-reactive ketones (excluding diaryl/α,β-unsaturated/α-hetero) is 1. The van der Waals surface area contributed by atoms with E-state index in [1.807, 2.05) is 91.0 Å². The molecule has 1 aliphatic heterocycles. The fourth-order valence-electron chi connectivity index (χ4n) is 6.07. The summed E-state index contributed by atoms with van der Waals surface area (Å²) in [6, 6.07) is 35.2. The predicted molar refractivity (Wildman–Crippen MR) is 180 cm³/mol. The van der Waals surface area contributed by atoms with Crippen LogP contribution in [-0.4, -0.2) is 51.8 Å². The monoisotopic (exact) mass is 620 g/mol. The fourth-order valence-corrected chi connectivity index (χ4v) is 10.5. The molecule has 5 rings (SSSR count). The van der Waals surface area contributed by atoms with Gasteiger partial charge in [0, 0.05) is 25.4 Å². The Morgan fingerprint density at radius 3 is 1.80 bits per heavy atom. The van der Waals surface area contributed by atoms with Crippen molar-refractivity contribution in [3.05, 3.63) is 139 Å². The third-order valence-electron chi connectivity index (χ3n) is 8.19. The maximum absolute atomic E-state index is 14.5. The summed E-state index contributed by atoms with van der Waals surface area (Å²) in [5.74, 6) is -2.21. The molecule has 4 aromatic rings. The van der Waals surface area contributed by atoms with Crippen LogP contribution in [0.15, 0.2) is 128 Å². The minimum atomic E-state index is -3.13. The van der Waals surface area contributed by atoms with E-state index in [1.54, 1.807) is 24.3 Å². The lowest BCUT2D eigenvalue weighted by molar-refractivity contribution is -0.157. The summed E-state index contributed by atoms with van der Waals surface area (Å²) >= 11 is 0. The van der Waals surface area contributed by atoms with Gasteiger partial charge in [0.05, 0.1) is 18.1 Å². The van der Waals surface area contributed by atoms with E-state index in [4.69, 9.17) is 10.5 Å². The van der Waals surface area contributed by atoms with Crippen LogP contribution < -0.4 is 21.6 Å². The molecule has 3 N–H and O–H groups in total. The second kappa shape index (κ2) is 14.0. The molecule has 45 heavy (non-hydrogen) atoms. The van der Waals surface area contributed by atoms with Gasteiger partial charge in [-0.2, -0.15) is 0 Å². The summed E-state index contributed by atoms with van der Waals surface area (Å²) in [5, 5.41) is 13.3. The number of aliphatic hydroxyl groups is 1. The molecular formula is C37H37N2O5P. The van der Waals surface area contributed by atoms with Crippen molar-refractivity contribution in [2.24, 2.45) is 11.7 Å². The number of carbonyl (C=O) groups excluding carboxylic acids is 3. The lowest BCUT2D eigenvalue weighted by atomic mass is 9.79. The van der Waals surface area contributed by atoms with Gasteiger partial charge in [-0.25, -0.2) is 4.79 Å². The number of hydrogen-bond donors (Lipinski definition) is 2. The van der Waals surface area contributed by atoms with Crippen molar-refractivity contribution in [2.75, 3.05) is 6.61 Å². The third kappa shape index (κ3) is 6.07. The smallest absolute Gasteiger partial charge is 0.356 e. The molecule has 0 aromatic heterocycles. The molecule has 8 heteroatoms. The third-order valence-corrected chi connectivity index (χ3v) is 12.4. The zero-order chi connectivity index (χ0) is 32.0. The minimum absolute atomic E-state index is 0.0698. The molecule has 7 nitrogen and oxygen atoms in total. The van der Waals surface area contributed by atoms with Gasteiger partial charge in [-0.1, -0.05) is 128 Å². The standard InChI is InChI=1S/C37H37N2O5P/c1-3-23-44-37(43)36(39-32(34(26(2)40)35(39)42)24-33(41)28-21-19-27(25-38)20-22-28)45(29-13-7-4-8-14-29,30-15-9-5-10-16-30)31-17-11-6-12-18-31/h3-22,26,32,34,40H,1,23-25,38H2,2H3/t26-,32-,34-/m1/s1. The maximum atomic E-state index is 14.5. The zero-order valence-electron chi connectivity index (χ0n) is 25.2. The van der Waals surface area contributed by atoms with Crippen molar-refractivity contribution in [3.8, 4) is 0 Å². The van der Waals surface area contributed by atoms with Crippen LogP contribution in [0.3, 0.4) is 0 Å². The lowest BCUT2D eigenvalue weighted by Gasteiger charge is -2.50. The van der Waals surface area contributed by atoms with Crippen LogP contribution >= 0.6 is 6.89 Å². The van der Waals surface area contributed by atoms with Crippen molar-refractivity contribution in [1.29, 1.82) is 0 Å². The molecule has 1 aliphatic rings. The number of benzene rings is 4. The Labute approximate surface area is 263 Å². The molecule has 1 amide bonds. The number of hydrogen-bond acceptors (Lipinski definition) is 6. The van der Waals surface area contributed by atoms with E-state index < -0.39 is 36.8 Å². The van der Waals surface area contributed by atoms with Gasteiger partial charge in [0.1, 0.15) is 12.0 Å². The number of aliphatic hydroxyl groups excluding tert-OH is 1. The van der Waals surface area contributed by atoms with Crippen LogP contribution in [0, 0.1) is 5.92 Å². The fraction of sp³-hybridized carbons (Fsp3) is 0.189. The van der Waals surface area contributed by atoms with Crippen LogP contribution in [0.4, 0.5) is 0 Å². The van der Waals surface area contributed by atoms with Gasteiger partial charge in [-0.15, -0.1) is 0 Å². The van der Waals surface area contributed by atoms with Gasteiger partial charge >= 0.3 is 5.97 Å². The van der Waals surface area contributed by atoms with Gasteiger partial charge in [0.2, 0.25) is 5.91 Å². The van der Waals surface area contributed by atoms with Crippen molar-refractivity contribution >= 4 is 45.9 Å². The largest absolute Gasteiger partial charge is 0.457 e. The first-order chi connectivity index (χ1) is 21.8. The number of ether oxygens (including phenoxy) is 1. The predicted octanol–water partition coefficient (Wildman–Crippen LogP) is 3.78. The molecule has 4 aromatic carbocycles. The average molecular weight is 621 g/mol. The highest BCUT2D eigenvalue weighted by atomic mass is 31.2. The Hall–Kier alpha value is -4.55. The van der Waals surface area contributed by atoms with Crippen molar-refractivity contribution < 1.29 is 24.2 Å². The summed E-state index contributed by atoms with van der Waals surface area (Å²) in [5.41, 5.74) is 7.25. The second-order valence-electron chi connectivity index (χ2n) is 11.0. The van der Waals surface area contributed by atoms with E-state index in [9.17, 15) is 19.5 Å². The quantitative estimate of drug-likeness (QED) is 0.0821. The summed E-state index contributed by atoms with van der Waals surface area (Å²) in [6.45, 7) is 2.40. The number of rotatable bonds is 12. The van der Waals surface area contributed by atoms with E-state index >= 15 is 0 Å². The van der Waals surface area contributed by atoms with E-state index in [1.165, 1.54) is 17.9 Å². The van der Waals surface area contributed by atoms with Gasteiger partial charge in [-0.05, 0) is 28.4 Å². The SMILES string of the molecule is C=CCOC(=O)C(N1C(=O)[C@H]([C@@H](C)O)[C@H]1CC(=O)c1ccc(CN)cc1)=P(c1ccccc1)(c1ccccc1)c1ccccc1. The Morgan fingerprint density at radius 2 is 1.38 bits per heavy atom. The lowest BCUT2D eigenvalue weighted by Crippen LogP contribution is -2.68. The molecule has 0 bridgehead atoms. The molecule has 1 fully saturated rings. The van der Waals surface area contributed by atoms with Crippen molar-refractivity contribution in [2.45, 2.75) is 32.0 Å². The highest BCUT2D eigenvalue weighted by Crippen LogP contribution is 2.50. The van der Waals surface area contributed by atoms with E-state index in [0.29, 0.717) is 12.1 Å². The Morgan fingerprint density at radius 1 is 0.889 bits per heavy atom. The van der Waals surface area contributed by atoms with E-state index in [2.05, 4.69) is 6.58 Å². The van der Waals surface area contributed by atoms with E-state index in [0.717, 1.165) is 21.5 Å². The molecule has 0 saturated carbocycles. The highest BCUT2D eigenvalue weighted by molar-refractivity contribution is 7.96. The van der Waals surface area contributed by atoms with Crippen LogP contribution in [0.25, 0.3) is 0 Å². The van der Waals surface area contributed by atoms with Gasteiger partial charge in [0.25, 0.3) is 0 Å². The summed E-state index contributed by atoms with van der Waals surface area (Å²) in [6.07, 6.45) is 0.334. The summed E-state index contributed by atoms with van der Waals surface area (Å²) in [7, 11) is 0. The molecule has 230 valence electrons. The summed E-state index contributed by atoms with van der Waals surface area (Å²) < 4.78 is 5.77. The molecule has 0 unspecified atom stereocenters. The first kappa shape index (κ1) is 31.9. The minimum Gasteiger partial charge on any atom is -0.457 e. The van der Waals surface area contributed by atoms with Gasteiger partial charge in [-0.3, -0.25) is 9.59 Å². The first-order valence-electron chi connectivity index (χ1n) is 14.9. The molecule has 0 aliphatic carbocycles. The Kier molecular flexibility index (Phi) is 9.94. The number of nitrogens with two attached hydrogens (primary N) is 1. The molecule has 3 atom stereocenters. The van der Waals surface area contributed by atoms with Crippen molar-refractivity contribution in [1.82, 2.24) is 4.90 Å². The van der Waals surface area contributed by atoms with Crippen LogP contribution in [0.2, 0.25) is 0 Å². The van der Waals surface area contributed by atoms with Gasteiger partial charge < -0.3 is 20.5 Å². The van der Waals surface area contributed by atoms with Crippen LogP contribution in [0.1, 0.15) is 29.3 Å². The number of nitrogens with zero attached hydrogens (tertiary/aromatic N) is 1. The Balaban J connectivity index is 1.83.